The van der Waals surface area contributed by atoms with Crippen LogP contribution in [0.2, 0.25) is 0 Å². The maximum atomic E-state index is 13.0. The first kappa shape index (κ1) is 27.5. The highest BCUT2D eigenvalue weighted by atomic mass is 16.5. The number of para-hydroxylation sites is 1. The molecule has 0 radical (unpaired) electrons. The highest BCUT2D eigenvalue weighted by Crippen LogP contribution is 2.39. The number of ether oxygens (including phenoxy) is 2. The van der Waals surface area contributed by atoms with Crippen molar-refractivity contribution < 1.29 is 14.3 Å². The van der Waals surface area contributed by atoms with Crippen molar-refractivity contribution >= 4 is 5.91 Å². The Bertz CT molecular complexity index is 1000. The average molecular weight is 507 g/mol. The molecule has 202 valence electrons. The third-order valence-corrected chi connectivity index (χ3v) is 8.02. The van der Waals surface area contributed by atoms with Gasteiger partial charge in [0, 0.05) is 39.1 Å². The fourth-order valence-electron chi connectivity index (χ4n) is 5.91. The fourth-order valence-corrected chi connectivity index (χ4v) is 5.91. The Morgan fingerprint density at radius 2 is 1.70 bits per heavy atom. The molecule has 1 spiro atoms. The molecule has 0 saturated carbocycles. The molecule has 0 atom stereocenters. The predicted molar refractivity (Wildman–Crippen MR) is 150 cm³/mol. The molecule has 1 amide bonds. The summed E-state index contributed by atoms with van der Waals surface area (Å²) in [5.41, 5.74) is 2.89. The second kappa shape index (κ2) is 12.3. The summed E-state index contributed by atoms with van der Waals surface area (Å²) in [7, 11) is 1.71. The lowest BCUT2D eigenvalue weighted by Crippen LogP contribution is -2.49. The molecule has 2 aliphatic heterocycles. The number of hydrogen-bond donors (Lipinski definition) is 0. The second-order valence-corrected chi connectivity index (χ2v) is 12.3. The van der Waals surface area contributed by atoms with Crippen LogP contribution in [0.4, 0.5) is 0 Å². The fraction of sp³-hybridized carbons (Fsp3) is 0.594. The largest absolute Gasteiger partial charge is 0.497 e. The van der Waals surface area contributed by atoms with Gasteiger partial charge in [-0.05, 0) is 72.3 Å². The summed E-state index contributed by atoms with van der Waals surface area (Å²) < 4.78 is 11.7. The molecule has 5 heteroatoms. The molecular formula is C32H46N2O3. The van der Waals surface area contributed by atoms with Gasteiger partial charge in [0.2, 0.25) is 5.91 Å². The maximum absolute atomic E-state index is 13.0. The van der Waals surface area contributed by atoms with Crippen LogP contribution in [0, 0.1) is 10.8 Å². The first-order valence-corrected chi connectivity index (χ1v) is 14.1. The monoisotopic (exact) mass is 506 g/mol. The molecule has 4 rings (SSSR count). The highest BCUT2D eigenvalue weighted by molar-refractivity contribution is 5.76. The van der Waals surface area contributed by atoms with Crippen LogP contribution in [0.15, 0.2) is 48.5 Å². The minimum Gasteiger partial charge on any atom is -0.497 e. The van der Waals surface area contributed by atoms with Crippen LogP contribution in [0.3, 0.4) is 0 Å². The number of rotatable bonds is 4. The van der Waals surface area contributed by atoms with Gasteiger partial charge in [-0.25, -0.2) is 0 Å². The molecule has 0 bridgehead atoms. The van der Waals surface area contributed by atoms with Gasteiger partial charge >= 0.3 is 0 Å². The van der Waals surface area contributed by atoms with Crippen LogP contribution in [-0.2, 0) is 17.8 Å². The third-order valence-electron chi connectivity index (χ3n) is 8.02. The van der Waals surface area contributed by atoms with Crippen molar-refractivity contribution in [1.82, 2.24) is 9.80 Å². The minimum absolute atomic E-state index is 0.0326. The number of piperidine rings is 1. The van der Waals surface area contributed by atoms with Gasteiger partial charge in [-0.2, -0.15) is 0 Å². The summed E-state index contributed by atoms with van der Waals surface area (Å²) in [5, 5.41) is 0. The van der Waals surface area contributed by atoms with Gasteiger partial charge < -0.3 is 14.4 Å². The zero-order valence-electron chi connectivity index (χ0n) is 23.4. The summed E-state index contributed by atoms with van der Waals surface area (Å²) in [6.07, 6.45) is 7.46. The van der Waals surface area contributed by atoms with Crippen LogP contribution in [0.1, 0.15) is 70.4 Å². The minimum atomic E-state index is 0.0326. The quantitative estimate of drug-likeness (QED) is 0.485. The van der Waals surface area contributed by atoms with Crippen LogP contribution >= 0.6 is 0 Å². The highest BCUT2D eigenvalue weighted by Gasteiger charge is 2.37. The lowest BCUT2D eigenvalue weighted by Gasteiger charge is -2.45. The van der Waals surface area contributed by atoms with Crippen molar-refractivity contribution in [2.75, 3.05) is 39.9 Å². The molecule has 37 heavy (non-hydrogen) atoms. The van der Waals surface area contributed by atoms with Gasteiger partial charge in [-0.15, -0.1) is 0 Å². The van der Waals surface area contributed by atoms with Gasteiger partial charge in [0.05, 0.1) is 7.11 Å². The Kier molecular flexibility index (Phi) is 9.17. The number of benzene rings is 2. The molecule has 1 fully saturated rings. The zero-order valence-corrected chi connectivity index (χ0v) is 23.4. The summed E-state index contributed by atoms with van der Waals surface area (Å²) >= 11 is 0. The number of methoxy groups -OCH3 is 1. The number of nitrogens with zero attached hydrogens (tertiary/aromatic N) is 2. The number of amides is 1. The number of carbonyl (C=O) groups is 1. The van der Waals surface area contributed by atoms with E-state index in [1.165, 1.54) is 30.4 Å². The van der Waals surface area contributed by atoms with Gasteiger partial charge in [0.15, 0.2) is 0 Å². The predicted octanol–water partition coefficient (Wildman–Crippen LogP) is 6.35. The molecule has 0 aromatic heterocycles. The van der Waals surface area contributed by atoms with E-state index in [0.717, 1.165) is 63.5 Å². The van der Waals surface area contributed by atoms with E-state index in [4.69, 9.17) is 9.47 Å². The summed E-state index contributed by atoms with van der Waals surface area (Å²) in [4.78, 5) is 17.7. The Balaban J connectivity index is 1.50. The van der Waals surface area contributed by atoms with E-state index >= 15 is 0 Å². The molecule has 1 saturated heterocycles. The number of carbonyl (C=O) groups excluding carboxylic acids is 1. The third kappa shape index (κ3) is 7.98. The summed E-state index contributed by atoms with van der Waals surface area (Å²) in [6, 6.07) is 17.0. The van der Waals surface area contributed by atoms with Crippen LogP contribution < -0.4 is 9.47 Å². The van der Waals surface area contributed by atoms with Crippen molar-refractivity contribution in [2.24, 2.45) is 10.8 Å². The lowest BCUT2D eigenvalue weighted by molar-refractivity contribution is -0.135. The molecule has 2 aromatic carbocycles. The standard InChI is InChI=1S/C32H46N2O3/c1-31(2,3)23-30(35)34-19-17-32(18-20-34)16-8-7-10-27-9-5-6-11-29(27)37-22-21-33(25-32)24-26-12-14-28(36-4)15-13-26/h5-6,9,11-15H,7-8,10,16-25H2,1-4H3. The van der Waals surface area contributed by atoms with E-state index in [1.54, 1.807) is 7.11 Å². The molecule has 2 aromatic rings. The van der Waals surface area contributed by atoms with Gasteiger partial charge in [0.25, 0.3) is 0 Å². The molecular weight excluding hydrogens is 460 g/mol. The van der Waals surface area contributed by atoms with Crippen LogP contribution in [-0.4, -0.2) is 55.6 Å². The van der Waals surface area contributed by atoms with Gasteiger partial charge in [-0.3, -0.25) is 9.69 Å². The van der Waals surface area contributed by atoms with Gasteiger partial charge in [0.1, 0.15) is 18.1 Å². The van der Waals surface area contributed by atoms with E-state index in [0.29, 0.717) is 18.9 Å². The van der Waals surface area contributed by atoms with Crippen molar-refractivity contribution in [3.05, 3.63) is 59.7 Å². The number of hydrogen-bond acceptors (Lipinski definition) is 4. The lowest BCUT2D eigenvalue weighted by atomic mass is 9.73. The van der Waals surface area contributed by atoms with Gasteiger partial charge in [-0.1, -0.05) is 57.5 Å². The number of fused-ring (bicyclic) bond motifs is 1. The van der Waals surface area contributed by atoms with E-state index in [9.17, 15) is 4.79 Å². The van der Waals surface area contributed by atoms with E-state index in [1.807, 2.05) is 12.1 Å². The first-order valence-electron chi connectivity index (χ1n) is 14.1. The molecule has 0 unspecified atom stereocenters. The maximum Gasteiger partial charge on any atom is 0.223 e. The van der Waals surface area contributed by atoms with Crippen molar-refractivity contribution in [3.8, 4) is 11.5 Å². The zero-order chi connectivity index (χ0) is 26.3. The number of aryl methyl sites for hydroxylation is 1. The topological polar surface area (TPSA) is 42.0 Å². The van der Waals surface area contributed by atoms with Crippen molar-refractivity contribution in [3.63, 3.8) is 0 Å². The Hall–Kier alpha value is -2.53. The molecule has 0 aliphatic carbocycles. The Morgan fingerprint density at radius 1 is 0.973 bits per heavy atom. The Labute approximate surface area is 224 Å². The molecule has 2 aliphatic rings. The van der Waals surface area contributed by atoms with Crippen LogP contribution in [0.25, 0.3) is 0 Å². The summed E-state index contributed by atoms with van der Waals surface area (Å²) in [6.45, 7) is 11.7. The molecule has 2 heterocycles. The number of likely N-dealkylation sites (tertiary alicyclic amines) is 1. The smallest absolute Gasteiger partial charge is 0.223 e. The SMILES string of the molecule is COc1ccc(CN2CCOc3ccccc3CCCCC3(CCN(C(=O)CC(C)(C)C)CC3)C2)cc1. The van der Waals surface area contributed by atoms with Crippen LogP contribution in [0.5, 0.6) is 11.5 Å². The average Bonchev–Trinajstić information content (AvgIpc) is 2.86. The van der Waals surface area contributed by atoms with E-state index in [2.05, 4.69) is 67.0 Å². The Morgan fingerprint density at radius 3 is 2.41 bits per heavy atom. The summed E-state index contributed by atoms with van der Waals surface area (Å²) in [5.74, 6) is 2.24. The van der Waals surface area contributed by atoms with Crippen molar-refractivity contribution in [2.45, 2.75) is 72.3 Å². The first-order chi connectivity index (χ1) is 17.8. The van der Waals surface area contributed by atoms with E-state index < -0.39 is 0 Å². The normalized spacial score (nSPS) is 19.3. The second-order valence-electron chi connectivity index (χ2n) is 12.3. The van der Waals surface area contributed by atoms with E-state index in [-0.39, 0.29) is 10.8 Å². The molecule has 0 N–H and O–H groups in total. The molecule has 5 nitrogen and oxygen atoms in total. The van der Waals surface area contributed by atoms with Crippen molar-refractivity contribution in [1.29, 1.82) is 0 Å².